The predicted octanol–water partition coefficient (Wildman–Crippen LogP) is 3.29. The fraction of sp³-hybridized carbons (Fsp3) is 0.238. The first-order chi connectivity index (χ1) is 14.2. The number of nitrogens with one attached hydrogen (secondary N) is 1. The van der Waals surface area contributed by atoms with Crippen molar-refractivity contribution in [1.29, 1.82) is 0 Å². The van der Waals surface area contributed by atoms with Gasteiger partial charge in [-0.05, 0) is 37.6 Å². The highest BCUT2D eigenvalue weighted by molar-refractivity contribution is 5.91. The molecule has 148 valence electrons. The summed E-state index contributed by atoms with van der Waals surface area (Å²) in [5.41, 5.74) is 2.88. The number of amides is 1. The molecule has 2 heterocycles. The van der Waals surface area contributed by atoms with Crippen molar-refractivity contribution in [2.24, 2.45) is 0 Å². The van der Waals surface area contributed by atoms with Gasteiger partial charge in [0.2, 0.25) is 5.91 Å². The summed E-state index contributed by atoms with van der Waals surface area (Å²) >= 11 is 0. The first-order valence-corrected chi connectivity index (χ1v) is 9.52. The molecule has 8 heteroatoms. The molecule has 1 N–H and O–H groups in total. The molecule has 0 aliphatic heterocycles. The molecule has 4 rings (SSSR count). The maximum absolute atomic E-state index is 12.4. The fourth-order valence-corrected chi connectivity index (χ4v) is 3.29. The van der Waals surface area contributed by atoms with E-state index in [1.807, 2.05) is 54.0 Å². The van der Waals surface area contributed by atoms with Crippen LogP contribution in [0.3, 0.4) is 0 Å². The first-order valence-electron chi connectivity index (χ1n) is 9.52. The summed E-state index contributed by atoms with van der Waals surface area (Å²) in [6.45, 7) is 3.21. The van der Waals surface area contributed by atoms with Gasteiger partial charge in [0.1, 0.15) is 6.33 Å². The van der Waals surface area contributed by atoms with Gasteiger partial charge in [0.25, 0.3) is 0 Å². The van der Waals surface area contributed by atoms with Crippen LogP contribution in [-0.4, -0.2) is 25.2 Å². The number of aryl methyl sites for hydroxylation is 2. The monoisotopic (exact) mass is 391 g/mol. The highest BCUT2D eigenvalue weighted by Gasteiger charge is 2.11. The zero-order valence-electron chi connectivity index (χ0n) is 16.0. The van der Waals surface area contributed by atoms with Crippen molar-refractivity contribution in [2.45, 2.75) is 32.9 Å². The first kappa shape index (κ1) is 18.7. The zero-order valence-corrected chi connectivity index (χ0v) is 16.0. The van der Waals surface area contributed by atoms with Gasteiger partial charge in [-0.1, -0.05) is 24.3 Å². The van der Waals surface area contributed by atoms with Crippen molar-refractivity contribution >= 4 is 22.7 Å². The SMILES string of the molecule is CCn1cnnc1-c1cccc(NC(=O)CCCn2c(=O)oc3ccccc32)c1. The number of oxazole rings is 1. The molecule has 0 aliphatic rings. The van der Waals surface area contributed by atoms with Gasteiger partial charge < -0.3 is 14.3 Å². The summed E-state index contributed by atoms with van der Waals surface area (Å²) in [4.78, 5) is 24.3. The summed E-state index contributed by atoms with van der Waals surface area (Å²) in [7, 11) is 0. The van der Waals surface area contributed by atoms with Gasteiger partial charge in [-0.3, -0.25) is 9.36 Å². The second-order valence-corrected chi connectivity index (χ2v) is 6.66. The third-order valence-electron chi connectivity index (χ3n) is 4.72. The van der Waals surface area contributed by atoms with E-state index in [0.717, 1.165) is 23.4 Å². The van der Waals surface area contributed by atoms with Crippen molar-refractivity contribution in [3.8, 4) is 11.4 Å². The van der Waals surface area contributed by atoms with E-state index in [1.165, 1.54) is 0 Å². The number of nitrogens with zero attached hydrogens (tertiary/aromatic N) is 4. The van der Waals surface area contributed by atoms with Crippen molar-refractivity contribution in [3.63, 3.8) is 0 Å². The normalized spacial score (nSPS) is 11.1. The lowest BCUT2D eigenvalue weighted by Gasteiger charge is -2.08. The number of hydrogen-bond acceptors (Lipinski definition) is 5. The van der Waals surface area contributed by atoms with Gasteiger partial charge in [0.15, 0.2) is 11.4 Å². The van der Waals surface area contributed by atoms with Gasteiger partial charge in [-0.2, -0.15) is 0 Å². The molecule has 0 bridgehead atoms. The highest BCUT2D eigenvalue weighted by atomic mass is 16.4. The number of benzene rings is 2. The van der Waals surface area contributed by atoms with Crippen LogP contribution in [0.25, 0.3) is 22.5 Å². The van der Waals surface area contributed by atoms with Crippen molar-refractivity contribution in [1.82, 2.24) is 19.3 Å². The number of fused-ring (bicyclic) bond motifs is 1. The Morgan fingerprint density at radius 3 is 2.90 bits per heavy atom. The molecule has 0 radical (unpaired) electrons. The molecule has 0 aliphatic carbocycles. The highest BCUT2D eigenvalue weighted by Crippen LogP contribution is 2.21. The molecule has 8 nitrogen and oxygen atoms in total. The molecule has 2 aromatic carbocycles. The van der Waals surface area contributed by atoms with E-state index < -0.39 is 5.76 Å². The van der Waals surface area contributed by atoms with Crippen LogP contribution in [0.15, 0.2) is 64.1 Å². The lowest BCUT2D eigenvalue weighted by Crippen LogP contribution is -2.17. The number of carbonyl (C=O) groups excluding carboxylic acids is 1. The van der Waals surface area contributed by atoms with Crippen LogP contribution in [0, 0.1) is 0 Å². The summed E-state index contributed by atoms with van der Waals surface area (Å²) < 4.78 is 8.71. The molecule has 4 aromatic rings. The average Bonchev–Trinajstić information content (AvgIpc) is 3.32. The largest absolute Gasteiger partial charge is 0.419 e. The molecule has 0 spiro atoms. The van der Waals surface area contributed by atoms with Crippen LogP contribution < -0.4 is 11.1 Å². The van der Waals surface area contributed by atoms with Gasteiger partial charge in [0, 0.05) is 30.8 Å². The van der Waals surface area contributed by atoms with Crippen LogP contribution in [-0.2, 0) is 17.9 Å². The Labute approximate surface area is 166 Å². The molecule has 0 saturated carbocycles. The maximum atomic E-state index is 12.4. The lowest BCUT2D eigenvalue weighted by atomic mass is 10.2. The second kappa shape index (κ2) is 8.14. The van der Waals surface area contributed by atoms with Gasteiger partial charge >= 0.3 is 5.76 Å². The van der Waals surface area contributed by atoms with Crippen LogP contribution >= 0.6 is 0 Å². The Morgan fingerprint density at radius 1 is 1.17 bits per heavy atom. The Kier molecular flexibility index (Phi) is 5.24. The minimum atomic E-state index is -0.403. The summed E-state index contributed by atoms with van der Waals surface area (Å²) in [6.07, 6.45) is 2.50. The number of carbonyl (C=O) groups is 1. The lowest BCUT2D eigenvalue weighted by molar-refractivity contribution is -0.116. The van der Waals surface area contributed by atoms with E-state index in [2.05, 4.69) is 15.5 Å². The molecule has 1 amide bonds. The van der Waals surface area contributed by atoms with Gasteiger partial charge in [-0.25, -0.2) is 4.79 Å². The zero-order chi connectivity index (χ0) is 20.2. The maximum Gasteiger partial charge on any atom is 0.419 e. The van der Waals surface area contributed by atoms with Gasteiger partial charge in [-0.15, -0.1) is 10.2 Å². The Balaban J connectivity index is 1.38. The Bertz CT molecular complexity index is 1200. The average molecular weight is 391 g/mol. The fourth-order valence-electron chi connectivity index (χ4n) is 3.29. The van der Waals surface area contributed by atoms with Crippen molar-refractivity contribution in [3.05, 3.63) is 65.4 Å². The molecule has 29 heavy (non-hydrogen) atoms. The van der Waals surface area contributed by atoms with Gasteiger partial charge in [0.05, 0.1) is 5.52 Å². The number of rotatable bonds is 7. The summed E-state index contributed by atoms with van der Waals surface area (Å²) in [5, 5.41) is 11.0. The van der Waals surface area contributed by atoms with E-state index in [1.54, 1.807) is 17.0 Å². The van der Waals surface area contributed by atoms with E-state index in [0.29, 0.717) is 30.7 Å². The standard InChI is InChI=1S/C21H21N5O3/c1-2-25-14-22-24-20(25)15-7-5-8-16(13-15)23-19(27)11-6-12-26-17-9-3-4-10-18(17)29-21(26)28/h3-5,7-10,13-14H,2,6,11-12H2,1H3,(H,23,27). The van der Waals surface area contributed by atoms with E-state index in [-0.39, 0.29) is 5.91 Å². The minimum absolute atomic E-state index is 0.111. The Morgan fingerprint density at radius 2 is 2.03 bits per heavy atom. The van der Waals surface area contributed by atoms with E-state index in [9.17, 15) is 9.59 Å². The molecular weight excluding hydrogens is 370 g/mol. The molecule has 0 unspecified atom stereocenters. The van der Waals surface area contributed by atoms with E-state index in [4.69, 9.17) is 4.42 Å². The van der Waals surface area contributed by atoms with Crippen LogP contribution in [0.1, 0.15) is 19.8 Å². The number of aromatic nitrogens is 4. The molecule has 2 aromatic heterocycles. The molecular formula is C21H21N5O3. The second-order valence-electron chi connectivity index (χ2n) is 6.66. The number of hydrogen-bond donors (Lipinski definition) is 1. The molecule has 0 saturated heterocycles. The quantitative estimate of drug-likeness (QED) is 0.522. The van der Waals surface area contributed by atoms with Crippen molar-refractivity contribution in [2.75, 3.05) is 5.32 Å². The van der Waals surface area contributed by atoms with Crippen LogP contribution in [0.5, 0.6) is 0 Å². The minimum Gasteiger partial charge on any atom is -0.408 e. The smallest absolute Gasteiger partial charge is 0.408 e. The topological polar surface area (TPSA) is 95.0 Å². The molecule has 0 atom stereocenters. The molecule has 0 fully saturated rings. The number of para-hydroxylation sites is 2. The van der Waals surface area contributed by atoms with E-state index >= 15 is 0 Å². The van der Waals surface area contributed by atoms with Crippen LogP contribution in [0.2, 0.25) is 0 Å². The van der Waals surface area contributed by atoms with Crippen molar-refractivity contribution < 1.29 is 9.21 Å². The Hall–Kier alpha value is -3.68. The third kappa shape index (κ3) is 3.96. The summed E-state index contributed by atoms with van der Waals surface area (Å²) in [5.74, 6) is 0.245. The number of anilines is 1. The third-order valence-corrected chi connectivity index (χ3v) is 4.72. The van der Waals surface area contributed by atoms with Crippen LogP contribution in [0.4, 0.5) is 5.69 Å². The predicted molar refractivity (Wildman–Crippen MR) is 109 cm³/mol. The summed E-state index contributed by atoms with van der Waals surface area (Å²) in [6, 6.07) is 14.8.